The molecule has 1 atom stereocenters. The van der Waals surface area contributed by atoms with Crippen molar-refractivity contribution in [1.29, 1.82) is 0 Å². The Labute approximate surface area is 336 Å². The zero-order valence-corrected chi connectivity index (χ0v) is 32.2. The van der Waals surface area contributed by atoms with E-state index < -0.39 is 0 Å². The van der Waals surface area contributed by atoms with Crippen LogP contribution in [-0.2, 0) is 0 Å². The van der Waals surface area contributed by atoms with Crippen LogP contribution in [0.2, 0.25) is 0 Å². The van der Waals surface area contributed by atoms with Crippen LogP contribution in [0.25, 0.3) is 79.0 Å². The Bertz CT molecular complexity index is 3390. The molecule has 0 bridgehead atoms. The molecule has 12 rings (SSSR count). The lowest BCUT2D eigenvalue weighted by molar-refractivity contribution is 0.674. The van der Waals surface area contributed by atoms with E-state index in [0.29, 0.717) is 0 Å². The molecule has 0 fully saturated rings. The monoisotopic (exact) mass is 764 g/mol. The molecule has 1 aliphatic rings. The number of benzene rings is 8. The molecule has 268 valence electrons. The van der Waals surface area contributed by atoms with Crippen LogP contribution in [0.1, 0.15) is 22.9 Å². The third-order valence-corrected chi connectivity index (χ3v) is 13.5. The van der Waals surface area contributed by atoms with Gasteiger partial charge in [0.25, 0.3) is 0 Å². The summed E-state index contributed by atoms with van der Waals surface area (Å²) in [5.74, 6) is 1.55. The van der Waals surface area contributed by atoms with E-state index >= 15 is 0 Å². The first-order valence-corrected chi connectivity index (χ1v) is 20.8. The van der Waals surface area contributed by atoms with Gasteiger partial charge in [0.05, 0.1) is 11.0 Å². The van der Waals surface area contributed by atoms with Crippen LogP contribution in [0.5, 0.6) is 0 Å². The summed E-state index contributed by atoms with van der Waals surface area (Å²) in [7, 11) is 0. The fourth-order valence-electron chi connectivity index (χ4n) is 8.70. The number of rotatable bonds is 5. The topological polar surface area (TPSA) is 41.7 Å². The molecule has 4 heterocycles. The van der Waals surface area contributed by atoms with Crippen LogP contribution in [0.3, 0.4) is 0 Å². The van der Waals surface area contributed by atoms with Gasteiger partial charge in [0.2, 0.25) is 0 Å². The van der Waals surface area contributed by atoms with Gasteiger partial charge in [-0.05, 0) is 77.4 Å². The van der Waals surface area contributed by atoms with Gasteiger partial charge in [-0.25, -0.2) is 9.98 Å². The van der Waals surface area contributed by atoms with E-state index in [0.717, 1.165) is 28.4 Å². The van der Waals surface area contributed by atoms with Gasteiger partial charge in [-0.15, -0.1) is 22.7 Å². The maximum absolute atomic E-state index is 5.21. The van der Waals surface area contributed by atoms with E-state index in [9.17, 15) is 0 Å². The first-order chi connectivity index (χ1) is 28.2. The summed E-state index contributed by atoms with van der Waals surface area (Å²) in [6, 6.07) is 65.5. The van der Waals surface area contributed by atoms with E-state index in [2.05, 4.69) is 180 Å². The van der Waals surface area contributed by atoms with Gasteiger partial charge < -0.3 is 9.88 Å². The second-order valence-corrected chi connectivity index (χ2v) is 16.7. The van der Waals surface area contributed by atoms with Crippen molar-refractivity contribution in [3.8, 4) is 16.8 Å². The number of aliphatic imine (C=N–C) groups is 2. The lowest BCUT2D eigenvalue weighted by atomic mass is 9.95. The maximum atomic E-state index is 5.21. The number of thiophene rings is 2. The predicted molar refractivity (Wildman–Crippen MR) is 244 cm³/mol. The smallest absolute Gasteiger partial charge is 0.159 e. The first kappa shape index (κ1) is 32.4. The van der Waals surface area contributed by atoms with Gasteiger partial charge in [-0.1, -0.05) is 121 Å². The standard InChI is InChI=1S/C51H32N4S2/c1-3-13-31(14-4-1)49-52-50(32-15-5-2-6-16-32)54-51(53-49)33-25-27-43-39(29-33)47-37(19-11-23-45(47)56-43)38-20-12-24-46-48(38)40-30-34(26-28-44(40)57-46)55-41-21-9-7-17-35(41)36-18-8-10-22-42(36)55/h1-30,49H,(H,52,53,54). The number of nitrogens with one attached hydrogen (secondary N) is 1. The second-order valence-electron chi connectivity index (χ2n) is 14.6. The van der Waals surface area contributed by atoms with Crippen molar-refractivity contribution >= 4 is 96.5 Å². The number of para-hydroxylation sites is 2. The molecule has 0 spiro atoms. The van der Waals surface area contributed by atoms with Crippen LogP contribution < -0.4 is 5.32 Å². The van der Waals surface area contributed by atoms with Gasteiger partial charge in [-0.2, -0.15) is 0 Å². The van der Waals surface area contributed by atoms with E-state index in [-0.39, 0.29) is 6.17 Å². The molecule has 6 heteroatoms. The number of nitrogens with zero attached hydrogens (tertiary/aromatic N) is 3. The minimum absolute atomic E-state index is 0.253. The Kier molecular flexibility index (Phi) is 7.30. The molecule has 3 aromatic heterocycles. The summed E-state index contributed by atoms with van der Waals surface area (Å²) in [6.07, 6.45) is -0.253. The molecule has 11 aromatic rings. The van der Waals surface area contributed by atoms with Gasteiger partial charge in [0.1, 0.15) is 12.0 Å². The minimum atomic E-state index is -0.253. The highest BCUT2D eigenvalue weighted by Crippen LogP contribution is 2.46. The van der Waals surface area contributed by atoms with E-state index in [1.165, 1.54) is 79.0 Å². The molecule has 1 unspecified atom stereocenters. The molecule has 4 nitrogen and oxygen atoms in total. The van der Waals surface area contributed by atoms with Crippen LogP contribution in [0.15, 0.2) is 192 Å². The van der Waals surface area contributed by atoms with E-state index in [4.69, 9.17) is 9.98 Å². The maximum Gasteiger partial charge on any atom is 0.159 e. The SMILES string of the molecule is c1ccc(C2=NC(c3ccc4sc5cccc(-c6cccc7sc8ccc(-n9c%10ccccc%10c%10ccccc%109)cc8c67)c5c4c3)=NC(c3ccccc3)N2)cc1. The Balaban J connectivity index is 1.05. The molecule has 0 saturated heterocycles. The summed E-state index contributed by atoms with van der Waals surface area (Å²) in [5, 5.41) is 11.2. The molecule has 0 aliphatic carbocycles. The number of hydrogen-bond donors (Lipinski definition) is 1. The van der Waals surface area contributed by atoms with Gasteiger partial charge in [0.15, 0.2) is 5.84 Å². The van der Waals surface area contributed by atoms with Crippen molar-refractivity contribution in [3.63, 3.8) is 0 Å². The highest BCUT2D eigenvalue weighted by molar-refractivity contribution is 7.26. The van der Waals surface area contributed by atoms with Crippen LogP contribution in [0.4, 0.5) is 0 Å². The number of hydrogen-bond acceptors (Lipinski definition) is 5. The van der Waals surface area contributed by atoms with Crippen molar-refractivity contribution in [1.82, 2.24) is 9.88 Å². The first-order valence-electron chi connectivity index (χ1n) is 19.2. The summed E-state index contributed by atoms with van der Waals surface area (Å²) in [5.41, 5.74) is 9.24. The lowest BCUT2D eigenvalue weighted by Crippen LogP contribution is -2.33. The molecular formula is C51H32N4S2. The van der Waals surface area contributed by atoms with Crippen LogP contribution in [-0.4, -0.2) is 16.2 Å². The van der Waals surface area contributed by atoms with Crippen molar-refractivity contribution in [3.05, 3.63) is 199 Å². The Hall–Kier alpha value is -6.86. The summed E-state index contributed by atoms with van der Waals surface area (Å²) < 4.78 is 7.51. The third-order valence-electron chi connectivity index (χ3n) is 11.3. The zero-order valence-electron chi connectivity index (χ0n) is 30.6. The Morgan fingerprint density at radius 1 is 0.456 bits per heavy atom. The Morgan fingerprint density at radius 3 is 1.70 bits per heavy atom. The molecule has 8 aromatic carbocycles. The highest BCUT2D eigenvalue weighted by Gasteiger charge is 2.23. The minimum Gasteiger partial charge on any atom is -0.344 e. The quantitative estimate of drug-likeness (QED) is 0.186. The van der Waals surface area contributed by atoms with Crippen molar-refractivity contribution in [2.45, 2.75) is 6.17 Å². The zero-order chi connectivity index (χ0) is 37.5. The van der Waals surface area contributed by atoms with Crippen LogP contribution >= 0.6 is 22.7 Å². The highest BCUT2D eigenvalue weighted by atomic mass is 32.1. The molecule has 0 radical (unpaired) electrons. The number of amidine groups is 2. The normalized spacial score (nSPS) is 14.5. The van der Waals surface area contributed by atoms with E-state index in [1.54, 1.807) is 0 Å². The van der Waals surface area contributed by atoms with Gasteiger partial charge >= 0.3 is 0 Å². The summed E-state index contributed by atoms with van der Waals surface area (Å²) >= 11 is 3.72. The molecule has 0 amide bonds. The molecule has 1 N–H and O–H groups in total. The average Bonchev–Trinajstić information content (AvgIpc) is 3.96. The van der Waals surface area contributed by atoms with Crippen molar-refractivity contribution < 1.29 is 0 Å². The molecule has 1 aliphatic heterocycles. The molecule has 0 saturated carbocycles. The predicted octanol–water partition coefficient (Wildman–Crippen LogP) is 13.7. The molecule has 57 heavy (non-hydrogen) atoms. The van der Waals surface area contributed by atoms with Crippen molar-refractivity contribution in [2.75, 3.05) is 0 Å². The van der Waals surface area contributed by atoms with E-state index in [1.807, 2.05) is 34.8 Å². The largest absolute Gasteiger partial charge is 0.344 e. The fraction of sp³-hybridized carbons (Fsp3) is 0.0196. The summed E-state index contributed by atoms with van der Waals surface area (Å²) in [6.45, 7) is 0. The van der Waals surface area contributed by atoms with Gasteiger partial charge in [-0.3, -0.25) is 0 Å². The van der Waals surface area contributed by atoms with Crippen LogP contribution in [0, 0.1) is 0 Å². The average molecular weight is 765 g/mol. The third kappa shape index (κ3) is 5.18. The lowest BCUT2D eigenvalue weighted by Gasteiger charge is -2.23. The fourth-order valence-corrected chi connectivity index (χ4v) is 10.9. The second kappa shape index (κ2) is 12.8. The molecular weight excluding hydrogens is 733 g/mol. The summed E-state index contributed by atoms with van der Waals surface area (Å²) in [4.78, 5) is 10.3. The van der Waals surface area contributed by atoms with Crippen molar-refractivity contribution in [2.24, 2.45) is 9.98 Å². The number of fused-ring (bicyclic) bond motifs is 9. The number of aromatic nitrogens is 1. The Morgan fingerprint density at radius 2 is 1.04 bits per heavy atom. The van der Waals surface area contributed by atoms with Gasteiger partial charge in [0, 0.05) is 67.9 Å².